The van der Waals surface area contributed by atoms with Gasteiger partial charge >= 0.3 is 5.97 Å². The van der Waals surface area contributed by atoms with Crippen LogP contribution in [0.25, 0.3) is 0 Å². The van der Waals surface area contributed by atoms with E-state index < -0.39 is 12.0 Å². The third-order valence-electron chi connectivity index (χ3n) is 3.83. The standard InChI is InChI=1S/C11H19NO2S/c12-10(11(13)14)6-15-5-9-4-7-1-2-8(9)3-7/h7-10H,1-6,12H2,(H,13,14)/t7?,8?,9?,10-/m0/s1. The minimum absolute atomic E-state index is 0.559. The van der Waals surface area contributed by atoms with Gasteiger partial charge in [-0.15, -0.1) is 0 Å². The first kappa shape index (κ1) is 11.3. The Morgan fingerprint density at radius 2 is 2.27 bits per heavy atom. The number of carbonyl (C=O) groups is 1. The van der Waals surface area contributed by atoms with Crippen LogP contribution in [0.2, 0.25) is 0 Å². The van der Waals surface area contributed by atoms with Crippen LogP contribution < -0.4 is 5.73 Å². The molecule has 2 aliphatic rings. The molecule has 3 N–H and O–H groups in total. The predicted molar refractivity (Wildman–Crippen MR) is 61.9 cm³/mol. The lowest BCUT2D eigenvalue weighted by Crippen LogP contribution is -2.32. The Hall–Kier alpha value is -0.220. The molecule has 0 spiro atoms. The molecule has 3 nitrogen and oxygen atoms in total. The molecule has 2 saturated carbocycles. The van der Waals surface area contributed by atoms with Crippen LogP contribution in [0.1, 0.15) is 25.7 Å². The number of hydrogen-bond acceptors (Lipinski definition) is 3. The maximum absolute atomic E-state index is 10.5. The van der Waals surface area contributed by atoms with E-state index in [1.165, 1.54) is 25.7 Å². The Kier molecular flexibility index (Phi) is 3.57. The number of fused-ring (bicyclic) bond motifs is 2. The van der Waals surface area contributed by atoms with E-state index in [0.29, 0.717) is 5.75 Å². The van der Waals surface area contributed by atoms with Gasteiger partial charge in [0.05, 0.1) is 0 Å². The van der Waals surface area contributed by atoms with E-state index in [0.717, 1.165) is 23.5 Å². The molecular weight excluding hydrogens is 210 g/mol. The lowest BCUT2D eigenvalue weighted by molar-refractivity contribution is -0.137. The highest BCUT2D eigenvalue weighted by Crippen LogP contribution is 2.49. The summed E-state index contributed by atoms with van der Waals surface area (Å²) in [7, 11) is 0. The molecular formula is C11H19NO2S. The monoisotopic (exact) mass is 229 g/mol. The summed E-state index contributed by atoms with van der Waals surface area (Å²) in [4.78, 5) is 10.5. The molecule has 2 fully saturated rings. The first-order valence-electron chi connectivity index (χ1n) is 5.73. The molecule has 0 heterocycles. The van der Waals surface area contributed by atoms with Gasteiger partial charge in [-0.1, -0.05) is 6.42 Å². The van der Waals surface area contributed by atoms with Crippen molar-refractivity contribution in [2.45, 2.75) is 31.7 Å². The van der Waals surface area contributed by atoms with Gasteiger partial charge in [-0.25, -0.2) is 0 Å². The molecule has 2 bridgehead atoms. The van der Waals surface area contributed by atoms with Gasteiger partial charge in [-0.05, 0) is 42.8 Å². The molecule has 15 heavy (non-hydrogen) atoms. The van der Waals surface area contributed by atoms with E-state index in [4.69, 9.17) is 10.8 Å². The summed E-state index contributed by atoms with van der Waals surface area (Å²) in [5.41, 5.74) is 5.46. The summed E-state index contributed by atoms with van der Waals surface area (Å²) < 4.78 is 0. The van der Waals surface area contributed by atoms with Gasteiger partial charge in [0.25, 0.3) is 0 Å². The number of nitrogens with two attached hydrogens (primary N) is 1. The largest absolute Gasteiger partial charge is 0.480 e. The van der Waals surface area contributed by atoms with Gasteiger partial charge < -0.3 is 10.8 Å². The van der Waals surface area contributed by atoms with Crippen molar-refractivity contribution in [3.05, 3.63) is 0 Å². The Labute approximate surface area is 94.8 Å². The first-order chi connectivity index (χ1) is 7.16. The maximum atomic E-state index is 10.5. The number of aliphatic carboxylic acids is 1. The number of hydrogen-bond donors (Lipinski definition) is 2. The van der Waals surface area contributed by atoms with Crippen molar-refractivity contribution in [3.63, 3.8) is 0 Å². The molecule has 2 rings (SSSR count). The van der Waals surface area contributed by atoms with Crippen molar-refractivity contribution >= 4 is 17.7 Å². The van der Waals surface area contributed by atoms with E-state index in [-0.39, 0.29) is 0 Å². The van der Waals surface area contributed by atoms with Crippen LogP contribution in [0, 0.1) is 17.8 Å². The van der Waals surface area contributed by atoms with Crippen molar-refractivity contribution in [2.75, 3.05) is 11.5 Å². The highest BCUT2D eigenvalue weighted by atomic mass is 32.2. The molecule has 0 aromatic carbocycles. The van der Waals surface area contributed by atoms with E-state index in [1.807, 2.05) is 0 Å². The quantitative estimate of drug-likeness (QED) is 0.751. The number of carboxylic acids is 1. The smallest absolute Gasteiger partial charge is 0.321 e. The second-order valence-corrected chi connectivity index (χ2v) is 5.99. The highest BCUT2D eigenvalue weighted by molar-refractivity contribution is 7.99. The Morgan fingerprint density at radius 1 is 1.47 bits per heavy atom. The van der Waals surface area contributed by atoms with Crippen LogP contribution in [-0.4, -0.2) is 28.6 Å². The van der Waals surface area contributed by atoms with Gasteiger partial charge in [0.2, 0.25) is 0 Å². The van der Waals surface area contributed by atoms with E-state index in [1.54, 1.807) is 11.8 Å². The fourth-order valence-corrected chi connectivity index (χ4v) is 4.24. The lowest BCUT2D eigenvalue weighted by atomic mass is 9.90. The summed E-state index contributed by atoms with van der Waals surface area (Å²) in [6.07, 6.45) is 5.64. The minimum atomic E-state index is -0.879. The first-order valence-corrected chi connectivity index (χ1v) is 6.88. The summed E-state index contributed by atoms with van der Waals surface area (Å²) >= 11 is 1.72. The zero-order valence-electron chi connectivity index (χ0n) is 8.89. The molecule has 0 radical (unpaired) electrons. The maximum Gasteiger partial charge on any atom is 0.321 e. The normalized spacial score (nSPS) is 35.7. The van der Waals surface area contributed by atoms with Gasteiger partial charge in [0.15, 0.2) is 0 Å². The van der Waals surface area contributed by atoms with Crippen molar-refractivity contribution in [2.24, 2.45) is 23.5 Å². The van der Waals surface area contributed by atoms with Crippen molar-refractivity contribution in [3.8, 4) is 0 Å². The van der Waals surface area contributed by atoms with Crippen LogP contribution in [0.5, 0.6) is 0 Å². The third-order valence-corrected chi connectivity index (χ3v) is 5.09. The summed E-state index contributed by atoms with van der Waals surface area (Å²) in [6, 6.07) is -0.686. The Morgan fingerprint density at radius 3 is 2.80 bits per heavy atom. The molecule has 4 heteroatoms. The molecule has 0 amide bonds. The molecule has 0 aliphatic heterocycles. The molecule has 2 aliphatic carbocycles. The van der Waals surface area contributed by atoms with Crippen molar-refractivity contribution < 1.29 is 9.90 Å². The van der Waals surface area contributed by atoms with E-state index in [2.05, 4.69) is 0 Å². The van der Waals surface area contributed by atoms with Gasteiger partial charge in [0, 0.05) is 5.75 Å². The number of thioether (sulfide) groups is 1. The zero-order chi connectivity index (χ0) is 10.8. The predicted octanol–water partition coefficient (Wildman–Crippen LogP) is 1.57. The molecule has 0 aromatic rings. The molecule has 0 saturated heterocycles. The van der Waals surface area contributed by atoms with Crippen molar-refractivity contribution in [1.29, 1.82) is 0 Å². The SMILES string of the molecule is N[C@@H](CSCC1CC2CCC1C2)C(=O)O. The summed E-state index contributed by atoms with van der Waals surface area (Å²) in [5.74, 6) is 3.55. The minimum Gasteiger partial charge on any atom is -0.480 e. The average Bonchev–Trinajstić information content (AvgIpc) is 2.78. The molecule has 3 unspecified atom stereocenters. The van der Waals surface area contributed by atoms with Crippen LogP contribution >= 0.6 is 11.8 Å². The van der Waals surface area contributed by atoms with Gasteiger partial charge in [-0.2, -0.15) is 11.8 Å². The van der Waals surface area contributed by atoms with Crippen molar-refractivity contribution in [1.82, 2.24) is 0 Å². The Balaban J connectivity index is 1.64. The second kappa shape index (κ2) is 4.74. The fraction of sp³-hybridized carbons (Fsp3) is 0.909. The number of rotatable bonds is 5. The molecule has 86 valence electrons. The van der Waals surface area contributed by atoms with Crippen LogP contribution in [-0.2, 0) is 4.79 Å². The topological polar surface area (TPSA) is 63.3 Å². The fourth-order valence-electron chi connectivity index (χ4n) is 3.00. The van der Waals surface area contributed by atoms with E-state index in [9.17, 15) is 4.79 Å². The van der Waals surface area contributed by atoms with Crippen LogP contribution in [0.15, 0.2) is 0 Å². The van der Waals surface area contributed by atoms with Gasteiger partial charge in [-0.3, -0.25) is 4.79 Å². The van der Waals surface area contributed by atoms with Crippen LogP contribution in [0.4, 0.5) is 0 Å². The summed E-state index contributed by atoms with van der Waals surface area (Å²) in [6.45, 7) is 0. The zero-order valence-corrected chi connectivity index (χ0v) is 9.71. The third kappa shape index (κ3) is 2.67. The van der Waals surface area contributed by atoms with Gasteiger partial charge in [0.1, 0.15) is 6.04 Å². The highest BCUT2D eigenvalue weighted by Gasteiger charge is 2.39. The van der Waals surface area contributed by atoms with E-state index >= 15 is 0 Å². The summed E-state index contributed by atoms with van der Waals surface area (Å²) in [5, 5.41) is 8.64. The second-order valence-electron chi connectivity index (χ2n) is 4.92. The molecule has 0 aromatic heterocycles. The Bertz CT molecular complexity index is 247. The molecule has 4 atom stereocenters. The number of carboxylic acid groups (broad SMARTS) is 1. The lowest BCUT2D eigenvalue weighted by Gasteiger charge is -2.21. The average molecular weight is 229 g/mol. The van der Waals surface area contributed by atoms with Crippen LogP contribution in [0.3, 0.4) is 0 Å².